The van der Waals surface area contributed by atoms with Gasteiger partial charge in [0, 0.05) is 25.7 Å². The lowest BCUT2D eigenvalue weighted by Gasteiger charge is -2.39. The molecule has 0 radical (unpaired) electrons. The van der Waals surface area contributed by atoms with Crippen LogP contribution < -0.4 is 0 Å². The number of piperazine rings is 1. The van der Waals surface area contributed by atoms with Crippen LogP contribution in [0.3, 0.4) is 0 Å². The topological polar surface area (TPSA) is 87.2 Å². The van der Waals surface area contributed by atoms with Gasteiger partial charge in [0.05, 0.1) is 10.5 Å². The van der Waals surface area contributed by atoms with E-state index in [1.54, 1.807) is 27.7 Å². The molecule has 1 heterocycles. The van der Waals surface area contributed by atoms with Crippen LogP contribution in [-0.2, 0) is 20.9 Å². The van der Waals surface area contributed by atoms with E-state index in [0.717, 1.165) is 10.4 Å². The Kier molecular flexibility index (Phi) is 5.91. The molecule has 1 aromatic rings. The molecule has 1 saturated heterocycles. The summed E-state index contributed by atoms with van der Waals surface area (Å²) in [6.07, 6.45) is -5.39. The van der Waals surface area contributed by atoms with Crippen LogP contribution in [0.15, 0.2) is 23.1 Å². The van der Waals surface area contributed by atoms with Crippen LogP contribution in [0.4, 0.5) is 18.0 Å². The summed E-state index contributed by atoms with van der Waals surface area (Å²) in [5, 5.41) is 9.54. The van der Waals surface area contributed by atoms with E-state index in [0.29, 0.717) is 12.1 Å². The number of aromatic hydroxyl groups is 1. The van der Waals surface area contributed by atoms with Crippen molar-refractivity contribution in [2.24, 2.45) is 0 Å². The second kappa shape index (κ2) is 7.43. The normalized spacial score (nSPS) is 19.5. The van der Waals surface area contributed by atoms with Crippen LogP contribution in [0.1, 0.15) is 33.3 Å². The molecule has 7 nitrogen and oxygen atoms in total. The highest BCUT2D eigenvalue weighted by Gasteiger charge is 2.38. The first kappa shape index (κ1) is 22.3. The summed E-state index contributed by atoms with van der Waals surface area (Å²) >= 11 is 0. The molecule has 2 rings (SSSR count). The van der Waals surface area contributed by atoms with Gasteiger partial charge in [-0.25, -0.2) is 13.2 Å². The van der Waals surface area contributed by atoms with Gasteiger partial charge in [-0.1, -0.05) is 0 Å². The van der Waals surface area contributed by atoms with Gasteiger partial charge in [-0.2, -0.15) is 17.5 Å². The number of phenolic OH excluding ortho intramolecular Hbond substituents is 1. The lowest BCUT2D eigenvalue weighted by Crippen LogP contribution is -2.56. The quantitative estimate of drug-likeness (QED) is 0.789. The number of rotatable bonds is 2. The Bertz CT molecular complexity index is 849. The zero-order valence-electron chi connectivity index (χ0n) is 15.9. The van der Waals surface area contributed by atoms with Gasteiger partial charge in [-0.3, -0.25) is 0 Å². The Morgan fingerprint density at radius 1 is 1.18 bits per heavy atom. The van der Waals surface area contributed by atoms with Gasteiger partial charge in [0.25, 0.3) is 0 Å². The lowest BCUT2D eigenvalue weighted by atomic mass is 10.2. The molecule has 1 unspecified atom stereocenters. The fourth-order valence-electron chi connectivity index (χ4n) is 2.78. The number of hydrogen-bond acceptors (Lipinski definition) is 5. The molecule has 0 aliphatic carbocycles. The molecule has 0 bridgehead atoms. The van der Waals surface area contributed by atoms with E-state index in [4.69, 9.17) is 4.74 Å². The molecule has 1 aliphatic heterocycles. The second-order valence-corrected chi connectivity index (χ2v) is 9.54. The molecule has 1 atom stereocenters. The minimum absolute atomic E-state index is 0.0280. The number of amides is 1. The van der Waals surface area contributed by atoms with Gasteiger partial charge in [0.15, 0.2) is 0 Å². The van der Waals surface area contributed by atoms with E-state index in [2.05, 4.69) is 0 Å². The monoisotopic (exact) mass is 424 g/mol. The zero-order valence-corrected chi connectivity index (χ0v) is 16.8. The van der Waals surface area contributed by atoms with Gasteiger partial charge in [-0.15, -0.1) is 0 Å². The summed E-state index contributed by atoms with van der Waals surface area (Å²) in [7, 11) is -4.29. The van der Waals surface area contributed by atoms with Crippen molar-refractivity contribution in [3.05, 3.63) is 23.8 Å². The number of sulfonamides is 1. The minimum Gasteiger partial charge on any atom is -0.508 e. The number of halogens is 3. The van der Waals surface area contributed by atoms with E-state index >= 15 is 0 Å². The molecule has 11 heteroatoms. The van der Waals surface area contributed by atoms with Crippen LogP contribution in [0.5, 0.6) is 5.75 Å². The van der Waals surface area contributed by atoms with Gasteiger partial charge in [0.1, 0.15) is 11.4 Å². The first-order valence-electron chi connectivity index (χ1n) is 8.52. The number of nitrogens with zero attached hydrogens (tertiary/aromatic N) is 2. The molecule has 28 heavy (non-hydrogen) atoms. The average molecular weight is 424 g/mol. The Balaban J connectivity index is 2.23. The second-order valence-electron chi connectivity index (χ2n) is 7.60. The summed E-state index contributed by atoms with van der Waals surface area (Å²) in [5.41, 5.74) is -1.97. The van der Waals surface area contributed by atoms with Gasteiger partial charge in [0.2, 0.25) is 10.0 Å². The molecule has 158 valence electrons. The Morgan fingerprint density at radius 2 is 1.79 bits per heavy atom. The van der Waals surface area contributed by atoms with E-state index in [1.807, 2.05) is 0 Å². The van der Waals surface area contributed by atoms with Crippen LogP contribution in [0.2, 0.25) is 0 Å². The third-order valence-electron chi connectivity index (χ3n) is 4.07. The van der Waals surface area contributed by atoms with Crippen LogP contribution in [-0.4, -0.2) is 60.1 Å². The first-order chi connectivity index (χ1) is 12.6. The summed E-state index contributed by atoms with van der Waals surface area (Å²) in [4.78, 5) is 12.9. The molecule has 1 aliphatic rings. The summed E-state index contributed by atoms with van der Waals surface area (Å²) in [5.74, 6) is -0.797. The Labute approximate surface area is 161 Å². The summed E-state index contributed by atoms with van der Waals surface area (Å²) < 4.78 is 70.7. The van der Waals surface area contributed by atoms with Crippen molar-refractivity contribution in [1.82, 2.24) is 9.21 Å². The lowest BCUT2D eigenvalue weighted by molar-refractivity contribution is -0.137. The van der Waals surface area contributed by atoms with E-state index in [1.165, 1.54) is 4.90 Å². The highest BCUT2D eigenvalue weighted by molar-refractivity contribution is 7.89. The SMILES string of the molecule is CC1CN(S(=O)(=O)c2cc(O)cc(C(F)(F)F)c2)CCN1C(=O)OC(C)(C)C. The van der Waals surface area contributed by atoms with Crippen LogP contribution in [0.25, 0.3) is 0 Å². The fourth-order valence-corrected chi connectivity index (χ4v) is 4.36. The van der Waals surface area contributed by atoms with Crippen molar-refractivity contribution >= 4 is 16.1 Å². The Hall–Kier alpha value is -2.01. The van der Waals surface area contributed by atoms with Crippen molar-refractivity contribution in [1.29, 1.82) is 0 Å². The van der Waals surface area contributed by atoms with Crippen molar-refractivity contribution in [3.63, 3.8) is 0 Å². The molecule has 0 aromatic heterocycles. The van der Waals surface area contributed by atoms with Gasteiger partial charge in [-0.05, 0) is 45.9 Å². The molecule has 1 N–H and O–H groups in total. The van der Waals surface area contributed by atoms with Crippen molar-refractivity contribution in [3.8, 4) is 5.75 Å². The molecule has 1 fully saturated rings. The summed E-state index contributed by atoms with van der Waals surface area (Å²) in [6, 6.07) is 1.18. The fraction of sp³-hybridized carbons (Fsp3) is 0.588. The molecule has 1 aromatic carbocycles. The number of alkyl halides is 3. The first-order valence-corrected chi connectivity index (χ1v) is 9.96. The average Bonchev–Trinajstić information content (AvgIpc) is 2.51. The minimum atomic E-state index is -4.80. The third kappa shape index (κ3) is 5.07. The molecule has 0 spiro atoms. The predicted molar refractivity (Wildman–Crippen MR) is 94.3 cm³/mol. The molecule has 1 amide bonds. The smallest absolute Gasteiger partial charge is 0.416 e. The van der Waals surface area contributed by atoms with Crippen LogP contribution >= 0.6 is 0 Å². The standard InChI is InChI=1S/C17H23F3N2O5S/c1-11-10-21(5-6-22(11)15(24)27-16(2,3)4)28(25,26)14-8-12(17(18,19)20)7-13(23)9-14/h7-9,11,23H,5-6,10H2,1-4H3. The number of hydrogen-bond donors (Lipinski definition) is 1. The number of phenols is 1. The number of benzene rings is 1. The molecular weight excluding hydrogens is 401 g/mol. The molecular formula is C17H23F3N2O5S. The number of carbonyl (C=O) groups excluding carboxylic acids is 1. The Morgan fingerprint density at radius 3 is 2.29 bits per heavy atom. The van der Waals surface area contributed by atoms with E-state index < -0.39 is 50.1 Å². The van der Waals surface area contributed by atoms with Gasteiger partial charge >= 0.3 is 12.3 Å². The highest BCUT2D eigenvalue weighted by Crippen LogP contribution is 2.34. The summed E-state index contributed by atoms with van der Waals surface area (Å²) in [6.45, 7) is 6.54. The largest absolute Gasteiger partial charge is 0.508 e. The molecule has 0 saturated carbocycles. The number of carbonyl (C=O) groups is 1. The zero-order chi connectivity index (χ0) is 21.5. The van der Waals surface area contributed by atoms with Crippen molar-refractivity contribution < 1.29 is 36.2 Å². The third-order valence-corrected chi connectivity index (χ3v) is 5.92. The van der Waals surface area contributed by atoms with Crippen molar-refractivity contribution in [2.45, 2.75) is 50.4 Å². The van der Waals surface area contributed by atoms with Gasteiger partial charge < -0.3 is 14.7 Å². The van der Waals surface area contributed by atoms with Crippen LogP contribution in [0, 0.1) is 0 Å². The maximum absolute atomic E-state index is 12.9. The number of ether oxygens (including phenoxy) is 1. The highest BCUT2D eigenvalue weighted by atomic mass is 32.2. The van der Waals surface area contributed by atoms with E-state index in [9.17, 15) is 31.5 Å². The maximum Gasteiger partial charge on any atom is 0.416 e. The predicted octanol–water partition coefficient (Wildman–Crippen LogP) is 3.04. The van der Waals surface area contributed by atoms with Crippen molar-refractivity contribution in [2.75, 3.05) is 19.6 Å². The maximum atomic E-state index is 12.9. The van der Waals surface area contributed by atoms with E-state index in [-0.39, 0.29) is 19.6 Å².